The molecule has 0 aliphatic rings. The van der Waals surface area contributed by atoms with Gasteiger partial charge in [0.15, 0.2) is 12.3 Å². The van der Waals surface area contributed by atoms with E-state index in [1.807, 2.05) is 19.1 Å². The Morgan fingerprint density at radius 3 is 2.93 bits per heavy atom. The molecule has 0 aliphatic carbocycles. The molecule has 0 saturated carbocycles. The van der Waals surface area contributed by atoms with Gasteiger partial charge in [-0.3, -0.25) is 9.78 Å². The fraction of sp³-hybridized carbons (Fsp3) is 0.211. The molecule has 1 aromatic carbocycles. The first-order valence-corrected chi connectivity index (χ1v) is 8.53. The van der Waals surface area contributed by atoms with Crippen molar-refractivity contribution in [2.24, 2.45) is 0 Å². The molecule has 3 rings (SSSR count). The van der Waals surface area contributed by atoms with Crippen LogP contribution in [-0.4, -0.2) is 27.8 Å². The lowest BCUT2D eigenvalue weighted by Crippen LogP contribution is -2.30. The smallest absolute Gasteiger partial charge is 0.276 e. The topological polar surface area (TPSA) is 68.5 Å². The second-order valence-electron chi connectivity index (χ2n) is 5.87. The van der Waals surface area contributed by atoms with Crippen LogP contribution in [0.3, 0.4) is 0 Å². The molecule has 8 heteroatoms. The third-order valence-corrected chi connectivity index (χ3v) is 4.38. The summed E-state index contributed by atoms with van der Waals surface area (Å²) in [6, 6.07) is 7.33. The summed E-state index contributed by atoms with van der Waals surface area (Å²) in [5, 5.41) is 0.142. The van der Waals surface area contributed by atoms with Crippen LogP contribution >= 0.6 is 11.6 Å². The molecule has 1 amide bonds. The maximum atomic E-state index is 13.0. The lowest BCUT2D eigenvalue weighted by Gasteiger charge is -2.24. The zero-order chi connectivity index (χ0) is 19.4. The third-order valence-electron chi connectivity index (χ3n) is 4.08. The van der Waals surface area contributed by atoms with Crippen LogP contribution in [0.4, 0.5) is 4.39 Å². The normalized spacial score (nSPS) is 11.9. The Kier molecular flexibility index (Phi) is 5.71. The lowest BCUT2D eigenvalue weighted by atomic mass is 10.1. The predicted molar refractivity (Wildman–Crippen MR) is 97.0 cm³/mol. The van der Waals surface area contributed by atoms with E-state index in [4.69, 9.17) is 20.8 Å². The van der Waals surface area contributed by atoms with Gasteiger partial charge in [0, 0.05) is 19.4 Å². The number of nitrogens with zero attached hydrogens (tertiary/aromatic N) is 3. The highest BCUT2D eigenvalue weighted by atomic mass is 35.5. The van der Waals surface area contributed by atoms with E-state index >= 15 is 0 Å². The fourth-order valence-electron chi connectivity index (χ4n) is 2.41. The molecule has 0 spiro atoms. The van der Waals surface area contributed by atoms with Crippen LogP contribution in [0.5, 0.6) is 5.75 Å². The molecular formula is C19H17ClFN3O3. The first-order valence-electron chi connectivity index (χ1n) is 8.15. The molecule has 2 heterocycles. The van der Waals surface area contributed by atoms with Gasteiger partial charge in [0.1, 0.15) is 17.8 Å². The van der Waals surface area contributed by atoms with Gasteiger partial charge < -0.3 is 14.1 Å². The van der Waals surface area contributed by atoms with Crippen molar-refractivity contribution in [3.8, 4) is 5.75 Å². The molecule has 0 bridgehead atoms. The number of carbonyl (C=O) groups excluding carboxylic acids is 1. The minimum absolute atomic E-state index is 0.0412. The first-order chi connectivity index (χ1) is 13.0. The van der Waals surface area contributed by atoms with Crippen LogP contribution < -0.4 is 4.74 Å². The summed E-state index contributed by atoms with van der Waals surface area (Å²) in [5.41, 5.74) is 1.07. The average Bonchev–Trinajstić information content (AvgIpc) is 3.15. The Morgan fingerprint density at radius 2 is 2.22 bits per heavy atom. The Bertz CT molecular complexity index is 933. The van der Waals surface area contributed by atoms with Crippen molar-refractivity contribution in [2.45, 2.75) is 19.6 Å². The first kappa shape index (κ1) is 18.8. The number of pyridine rings is 1. The predicted octanol–water partition coefficient (Wildman–Crippen LogP) is 4.27. The summed E-state index contributed by atoms with van der Waals surface area (Å²) < 4.78 is 23.8. The number of amides is 1. The molecule has 0 aliphatic heterocycles. The molecule has 0 saturated heterocycles. The number of ether oxygens (including phenoxy) is 1. The van der Waals surface area contributed by atoms with Crippen LogP contribution in [0.25, 0.3) is 0 Å². The van der Waals surface area contributed by atoms with Gasteiger partial charge in [-0.15, -0.1) is 0 Å². The van der Waals surface area contributed by atoms with Gasteiger partial charge in [-0.1, -0.05) is 17.7 Å². The van der Waals surface area contributed by atoms with E-state index in [2.05, 4.69) is 9.97 Å². The number of aromatic nitrogens is 2. The van der Waals surface area contributed by atoms with Crippen molar-refractivity contribution < 1.29 is 18.3 Å². The Balaban J connectivity index is 1.65. The molecule has 3 aromatic rings. The lowest BCUT2D eigenvalue weighted by molar-refractivity contribution is 0.0736. The summed E-state index contributed by atoms with van der Waals surface area (Å²) in [6.45, 7) is 1.86. The number of hydrogen-bond acceptors (Lipinski definition) is 5. The number of rotatable bonds is 6. The molecule has 27 heavy (non-hydrogen) atoms. The van der Waals surface area contributed by atoms with Gasteiger partial charge in [0.25, 0.3) is 5.91 Å². The van der Waals surface area contributed by atoms with Gasteiger partial charge in [0.2, 0.25) is 5.89 Å². The molecule has 140 valence electrons. The van der Waals surface area contributed by atoms with Crippen LogP contribution in [0.1, 0.15) is 34.9 Å². The van der Waals surface area contributed by atoms with Crippen molar-refractivity contribution in [2.75, 3.05) is 7.05 Å². The van der Waals surface area contributed by atoms with Gasteiger partial charge in [-0.2, -0.15) is 0 Å². The molecular weight excluding hydrogens is 373 g/mol. The summed E-state index contributed by atoms with van der Waals surface area (Å²) in [7, 11) is 1.68. The summed E-state index contributed by atoms with van der Waals surface area (Å²) in [4.78, 5) is 22.4. The Labute approximate surface area is 160 Å². The summed E-state index contributed by atoms with van der Waals surface area (Å²) >= 11 is 5.90. The number of benzene rings is 1. The quantitative estimate of drug-likeness (QED) is 0.629. The third kappa shape index (κ3) is 4.43. The van der Waals surface area contributed by atoms with Gasteiger partial charge in [-0.25, -0.2) is 9.37 Å². The van der Waals surface area contributed by atoms with Crippen molar-refractivity contribution in [3.63, 3.8) is 0 Å². The average molecular weight is 390 g/mol. The second-order valence-corrected chi connectivity index (χ2v) is 6.28. The van der Waals surface area contributed by atoms with E-state index in [-0.39, 0.29) is 35.2 Å². The highest BCUT2D eigenvalue weighted by Gasteiger charge is 2.22. The zero-order valence-electron chi connectivity index (χ0n) is 14.7. The molecule has 0 radical (unpaired) electrons. The molecule has 2 aromatic heterocycles. The molecule has 6 nitrogen and oxygen atoms in total. The van der Waals surface area contributed by atoms with Gasteiger partial charge in [-0.05, 0) is 36.8 Å². The van der Waals surface area contributed by atoms with Crippen LogP contribution in [0, 0.1) is 5.82 Å². The van der Waals surface area contributed by atoms with Gasteiger partial charge in [0.05, 0.1) is 11.1 Å². The fourth-order valence-corrected chi connectivity index (χ4v) is 2.63. The Morgan fingerprint density at radius 1 is 1.41 bits per heavy atom. The van der Waals surface area contributed by atoms with E-state index in [0.29, 0.717) is 5.75 Å². The van der Waals surface area contributed by atoms with Crippen LogP contribution in [0.2, 0.25) is 5.02 Å². The van der Waals surface area contributed by atoms with E-state index in [1.54, 1.807) is 24.3 Å². The van der Waals surface area contributed by atoms with E-state index in [1.165, 1.54) is 18.4 Å². The van der Waals surface area contributed by atoms with Crippen molar-refractivity contribution in [1.29, 1.82) is 0 Å². The monoisotopic (exact) mass is 389 g/mol. The highest BCUT2D eigenvalue weighted by molar-refractivity contribution is 6.32. The SMILES string of the molecule is CC(c1cccnc1)N(C)C(=O)c1coc(COc2ccc(F)cc2Cl)n1. The standard InChI is InChI=1S/C19H17ClFN3O3/c1-12(13-4-3-7-22-9-13)24(2)19(25)16-10-27-18(23-16)11-26-17-6-5-14(21)8-15(17)20/h3-10,12H,11H2,1-2H3. The molecule has 1 atom stereocenters. The maximum Gasteiger partial charge on any atom is 0.276 e. The largest absolute Gasteiger partial charge is 0.482 e. The summed E-state index contributed by atoms with van der Waals surface area (Å²) in [5.74, 6) is -0.240. The molecule has 0 N–H and O–H groups in total. The zero-order valence-corrected chi connectivity index (χ0v) is 15.5. The minimum Gasteiger partial charge on any atom is -0.482 e. The van der Waals surface area contributed by atoms with Gasteiger partial charge >= 0.3 is 0 Å². The van der Waals surface area contributed by atoms with Crippen molar-refractivity contribution in [1.82, 2.24) is 14.9 Å². The van der Waals surface area contributed by atoms with E-state index < -0.39 is 5.82 Å². The van der Waals surface area contributed by atoms with Crippen LogP contribution in [0.15, 0.2) is 53.4 Å². The van der Waals surface area contributed by atoms with E-state index in [9.17, 15) is 9.18 Å². The number of carbonyl (C=O) groups is 1. The number of halogens is 2. The number of oxazole rings is 1. The molecule has 0 fully saturated rings. The molecule has 1 unspecified atom stereocenters. The highest BCUT2D eigenvalue weighted by Crippen LogP contribution is 2.26. The van der Waals surface area contributed by atoms with Crippen molar-refractivity contribution in [3.05, 3.63) is 77.0 Å². The summed E-state index contributed by atoms with van der Waals surface area (Å²) in [6.07, 6.45) is 4.66. The Hall–Kier alpha value is -2.93. The number of hydrogen-bond donors (Lipinski definition) is 0. The van der Waals surface area contributed by atoms with E-state index in [0.717, 1.165) is 11.6 Å². The second kappa shape index (κ2) is 8.18. The van der Waals surface area contributed by atoms with Crippen LogP contribution in [-0.2, 0) is 6.61 Å². The maximum absolute atomic E-state index is 13.0. The minimum atomic E-state index is -0.456. The van der Waals surface area contributed by atoms with Crippen molar-refractivity contribution >= 4 is 17.5 Å².